The topological polar surface area (TPSA) is 114 Å². The molecule has 0 aliphatic carbocycles. The first kappa shape index (κ1) is 17.5. The van der Waals surface area contributed by atoms with Crippen LogP contribution in [0, 0.1) is 10.1 Å². The van der Waals surface area contributed by atoms with Crippen molar-refractivity contribution in [2.24, 2.45) is 0 Å². The first-order chi connectivity index (χ1) is 13.5. The molecule has 0 saturated heterocycles. The number of hydrogen-bond acceptors (Lipinski definition) is 6. The van der Waals surface area contributed by atoms with E-state index < -0.39 is 17.0 Å². The summed E-state index contributed by atoms with van der Waals surface area (Å²) in [6.07, 6.45) is 4.88. The minimum atomic E-state index is -2.77. The monoisotopic (exact) mass is 387 g/mol. The summed E-state index contributed by atoms with van der Waals surface area (Å²) in [4.78, 5) is 31.0. The lowest BCUT2D eigenvalue weighted by Gasteiger charge is -2.08. The van der Waals surface area contributed by atoms with Crippen molar-refractivity contribution in [3.8, 4) is 5.69 Å². The normalized spacial score (nSPS) is 11.4. The summed E-state index contributed by atoms with van der Waals surface area (Å²) in [5, 5.41) is 15.1. The predicted molar refractivity (Wildman–Crippen MR) is 92.4 cm³/mol. The zero-order chi connectivity index (χ0) is 19.8. The first-order valence-corrected chi connectivity index (χ1v) is 7.93. The molecule has 0 N–H and O–H groups in total. The number of hydrogen-bond donors (Lipinski definition) is 0. The molecule has 28 heavy (non-hydrogen) atoms. The molecule has 0 fully saturated rings. The Morgan fingerprint density at radius 3 is 2.61 bits per heavy atom. The van der Waals surface area contributed by atoms with Gasteiger partial charge in [-0.1, -0.05) is 0 Å². The summed E-state index contributed by atoms with van der Waals surface area (Å²) < 4.78 is 29.1. The molecule has 142 valence electrons. The number of halogens is 2. The van der Waals surface area contributed by atoms with Crippen LogP contribution in [-0.4, -0.2) is 33.8 Å². The van der Waals surface area contributed by atoms with Crippen LogP contribution in [0.5, 0.6) is 0 Å². The average molecular weight is 387 g/mol. The molecule has 1 aromatic carbocycles. The van der Waals surface area contributed by atoms with Gasteiger partial charge in [-0.25, -0.2) is 14.6 Å². The van der Waals surface area contributed by atoms with Gasteiger partial charge in [0.1, 0.15) is 17.5 Å². The Morgan fingerprint density at radius 2 is 1.93 bits per heavy atom. The smallest absolute Gasteiger partial charge is 0.291 e. The number of alkyl halides is 2. The van der Waals surface area contributed by atoms with Crippen molar-refractivity contribution in [2.45, 2.75) is 13.1 Å². The van der Waals surface area contributed by atoms with E-state index in [2.05, 4.69) is 15.1 Å². The number of imidazole rings is 1. The maximum absolute atomic E-state index is 13.0. The number of benzene rings is 1. The lowest BCUT2D eigenvalue weighted by atomic mass is 10.3. The van der Waals surface area contributed by atoms with Gasteiger partial charge >= 0.3 is 6.55 Å². The molecular weight excluding hydrogens is 376 g/mol. The van der Waals surface area contributed by atoms with E-state index in [9.17, 15) is 23.7 Å². The third-order valence-electron chi connectivity index (χ3n) is 4.13. The van der Waals surface area contributed by atoms with Crippen LogP contribution in [0.4, 0.5) is 14.5 Å². The molecule has 4 rings (SSSR count). The van der Waals surface area contributed by atoms with Crippen LogP contribution in [0.15, 0.2) is 54.0 Å². The van der Waals surface area contributed by atoms with Crippen LogP contribution in [0.2, 0.25) is 0 Å². The second-order valence-electron chi connectivity index (χ2n) is 5.77. The highest BCUT2D eigenvalue weighted by Crippen LogP contribution is 2.18. The Kier molecular flexibility index (Phi) is 4.14. The standard InChI is InChI=1S/C16H11F2N7O3/c17-16(18)23-6-5-19-13(23)8-22-9-20-14-12(15(22)26)7-21-24(14)10-1-3-11(4-2-10)25(27)28/h1-7,9,16H,8H2. The molecule has 3 heterocycles. The van der Waals surface area contributed by atoms with Gasteiger partial charge in [-0.3, -0.25) is 24.0 Å². The maximum Gasteiger partial charge on any atom is 0.319 e. The SMILES string of the molecule is O=c1c2cnn(-c3ccc([N+](=O)[O-])cc3)c2ncn1Cc1nccn1C(F)F. The minimum absolute atomic E-state index is 0.0148. The molecule has 0 aliphatic heterocycles. The molecular formula is C16H11F2N7O3. The molecule has 0 spiro atoms. The number of nitro benzene ring substituents is 1. The second-order valence-corrected chi connectivity index (χ2v) is 5.77. The lowest BCUT2D eigenvalue weighted by molar-refractivity contribution is -0.384. The number of nitrogens with zero attached hydrogens (tertiary/aromatic N) is 7. The molecule has 0 amide bonds. The highest BCUT2D eigenvalue weighted by molar-refractivity contribution is 5.75. The van der Waals surface area contributed by atoms with Gasteiger partial charge in [-0.15, -0.1) is 0 Å². The fraction of sp³-hybridized carbons (Fsp3) is 0.125. The third-order valence-corrected chi connectivity index (χ3v) is 4.13. The van der Waals surface area contributed by atoms with Crippen molar-refractivity contribution in [1.82, 2.24) is 28.9 Å². The number of non-ortho nitro benzene ring substituents is 1. The van der Waals surface area contributed by atoms with E-state index in [1.807, 2.05) is 0 Å². The summed E-state index contributed by atoms with van der Waals surface area (Å²) in [6, 6.07) is 5.59. The van der Waals surface area contributed by atoms with Crippen molar-refractivity contribution < 1.29 is 13.7 Å². The van der Waals surface area contributed by atoms with Crippen LogP contribution < -0.4 is 5.56 Å². The average Bonchev–Trinajstić information content (AvgIpc) is 3.31. The molecule has 3 aromatic heterocycles. The highest BCUT2D eigenvalue weighted by atomic mass is 19.3. The molecule has 0 unspecified atom stereocenters. The van der Waals surface area contributed by atoms with Gasteiger partial charge in [-0.05, 0) is 12.1 Å². The van der Waals surface area contributed by atoms with E-state index in [0.717, 1.165) is 10.8 Å². The van der Waals surface area contributed by atoms with Gasteiger partial charge in [0.15, 0.2) is 5.65 Å². The molecule has 0 bridgehead atoms. The zero-order valence-electron chi connectivity index (χ0n) is 14.0. The molecule has 0 atom stereocenters. The van der Waals surface area contributed by atoms with Crippen molar-refractivity contribution >= 4 is 16.7 Å². The zero-order valence-corrected chi connectivity index (χ0v) is 14.0. The van der Waals surface area contributed by atoms with E-state index >= 15 is 0 Å². The van der Waals surface area contributed by atoms with Crippen LogP contribution in [0.25, 0.3) is 16.7 Å². The van der Waals surface area contributed by atoms with Crippen LogP contribution >= 0.6 is 0 Å². The Morgan fingerprint density at radius 1 is 1.18 bits per heavy atom. The van der Waals surface area contributed by atoms with Gasteiger partial charge in [0.2, 0.25) is 0 Å². The molecule has 0 radical (unpaired) electrons. The Hall–Kier alpha value is -3.96. The van der Waals surface area contributed by atoms with Crippen molar-refractivity contribution in [2.75, 3.05) is 0 Å². The van der Waals surface area contributed by atoms with Crippen molar-refractivity contribution in [3.05, 3.63) is 75.5 Å². The van der Waals surface area contributed by atoms with Crippen molar-refractivity contribution in [1.29, 1.82) is 0 Å². The summed E-state index contributed by atoms with van der Waals surface area (Å²) in [6.45, 7) is -2.95. The largest absolute Gasteiger partial charge is 0.319 e. The Balaban J connectivity index is 1.72. The molecule has 0 saturated carbocycles. The van der Waals surface area contributed by atoms with E-state index in [4.69, 9.17) is 0 Å². The maximum atomic E-state index is 13.0. The lowest BCUT2D eigenvalue weighted by Crippen LogP contribution is -2.23. The van der Waals surface area contributed by atoms with E-state index in [1.54, 1.807) is 0 Å². The predicted octanol–water partition coefficient (Wildman–Crippen LogP) is 2.13. The van der Waals surface area contributed by atoms with E-state index in [0.29, 0.717) is 10.3 Å². The summed E-state index contributed by atoms with van der Waals surface area (Å²) in [5.41, 5.74) is 0.179. The van der Waals surface area contributed by atoms with Crippen LogP contribution in [-0.2, 0) is 6.54 Å². The highest BCUT2D eigenvalue weighted by Gasteiger charge is 2.16. The number of aromatic nitrogens is 6. The van der Waals surface area contributed by atoms with Crippen molar-refractivity contribution in [3.63, 3.8) is 0 Å². The van der Waals surface area contributed by atoms with Gasteiger partial charge in [0, 0.05) is 24.5 Å². The minimum Gasteiger partial charge on any atom is -0.291 e. The second kappa shape index (κ2) is 6.64. The molecule has 12 heteroatoms. The quantitative estimate of drug-likeness (QED) is 0.383. The van der Waals surface area contributed by atoms with Crippen LogP contribution in [0.3, 0.4) is 0 Å². The number of fused-ring (bicyclic) bond motifs is 1. The molecule has 10 nitrogen and oxygen atoms in total. The van der Waals surface area contributed by atoms with Gasteiger partial charge in [0.25, 0.3) is 11.2 Å². The summed E-state index contributed by atoms with van der Waals surface area (Å²) in [5.74, 6) is 0.0148. The van der Waals surface area contributed by atoms with Crippen LogP contribution in [0.1, 0.15) is 12.4 Å². The van der Waals surface area contributed by atoms with Gasteiger partial charge in [0.05, 0.1) is 23.4 Å². The first-order valence-electron chi connectivity index (χ1n) is 7.93. The van der Waals surface area contributed by atoms with E-state index in [1.165, 1.54) is 47.7 Å². The summed E-state index contributed by atoms with van der Waals surface area (Å²) in [7, 11) is 0. The fourth-order valence-electron chi connectivity index (χ4n) is 2.76. The molecule has 4 aromatic rings. The van der Waals surface area contributed by atoms with Gasteiger partial charge in [-0.2, -0.15) is 13.9 Å². The van der Waals surface area contributed by atoms with Gasteiger partial charge < -0.3 is 0 Å². The number of rotatable bonds is 5. The van der Waals surface area contributed by atoms with E-state index in [-0.39, 0.29) is 29.1 Å². The fourth-order valence-corrected chi connectivity index (χ4v) is 2.76. The Labute approximate surface area is 154 Å². The number of nitro groups is 1. The Bertz CT molecular complexity index is 1230. The third kappa shape index (κ3) is 2.90. The molecule has 0 aliphatic rings. The summed E-state index contributed by atoms with van der Waals surface area (Å²) >= 11 is 0.